The van der Waals surface area contributed by atoms with E-state index in [2.05, 4.69) is 30.1 Å². The summed E-state index contributed by atoms with van der Waals surface area (Å²) in [6, 6.07) is 5.52. The molecule has 2 N–H and O–H groups in total. The van der Waals surface area contributed by atoms with Crippen LogP contribution < -0.4 is 20.5 Å². The monoisotopic (exact) mass is 466 g/mol. The second kappa shape index (κ2) is 9.02. The van der Waals surface area contributed by atoms with Crippen molar-refractivity contribution in [3.05, 3.63) is 57.5 Å². The molecular formula is C24H27FN6O3. The Morgan fingerprint density at radius 3 is 2.94 bits per heavy atom. The largest absolute Gasteiger partial charge is 0.493 e. The normalized spacial score (nSPS) is 18.4. The number of hydrogen-bond donors (Lipinski definition) is 2. The van der Waals surface area contributed by atoms with Gasteiger partial charge in [-0.2, -0.15) is 0 Å². The van der Waals surface area contributed by atoms with E-state index in [9.17, 15) is 9.59 Å². The molecule has 10 heteroatoms. The van der Waals surface area contributed by atoms with Crippen LogP contribution >= 0.6 is 0 Å². The Balaban J connectivity index is 1.39. The number of nitrogens with zero attached hydrogens (tertiary/aromatic N) is 4. The van der Waals surface area contributed by atoms with E-state index < -0.39 is 5.82 Å². The number of fused-ring (bicyclic) bond motifs is 3. The van der Waals surface area contributed by atoms with Crippen LogP contribution in [0, 0.1) is 5.82 Å². The number of anilines is 1. The number of nitrogens with one attached hydrogen (secondary N) is 2. The van der Waals surface area contributed by atoms with Crippen molar-refractivity contribution in [2.24, 2.45) is 0 Å². The first kappa shape index (κ1) is 22.3. The Morgan fingerprint density at radius 1 is 1.35 bits per heavy atom. The lowest BCUT2D eigenvalue weighted by molar-refractivity contribution is 0.0958. The van der Waals surface area contributed by atoms with Crippen molar-refractivity contribution in [3.63, 3.8) is 0 Å². The average Bonchev–Trinajstić information content (AvgIpc) is 2.85. The highest BCUT2D eigenvalue weighted by atomic mass is 19.1. The van der Waals surface area contributed by atoms with Crippen molar-refractivity contribution in [2.75, 3.05) is 38.2 Å². The van der Waals surface area contributed by atoms with Gasteiger partial charge in [-0.25, -0.2) is 14.4 Å². The number of pyridine rings is 1. The number of piperazine rings is 1. The maximum absolute atomic E-state index is 15.5. The van der Waals surface area contributed by atoms with Crippen LogP contribution in [0.2, 0.25) is 0 Å². The Morgan fingerprint density at radius 2 is 2.21 bits per heavy atom. The molecule has 1 unspecified atom stereocenters. The highest BCUT2D eigenvalue weighted by Crippen LogP contribution is 2.33. The Kier molecular flexibility index (Phi) is 5.91. The maximum Gasteiger partial charge on any atom is 0.270 e. The molecule has 2 aromatic heterocycles. The zero-order valence-electron chi connectivity index (χ0n) is 19.2. The second-order valence-electron chi connectivity index (χ2n) is 8.62. The van der Waals surface area contributed by atoms with Crippen LogP contribution in [0.15, 0.2) is 29.2 Å². The maximum atomic E-state index is 15.5. The van der Waals surface area contributed by atoms with Crippen LogP contribution in [-0.4, -0.2) is 65.1 Å². The average molecular weight is 467 g/mol. The molecule has 1 fully saturated rings. The third-order valence-electron chi connectivity index (χ3n) is 6.64. The number of rotatable bonds is 3. The van der Waals surface area contributed by atoms with Crippen molar-refractivity contribution in [1.82, 2.24) is 25.2 Å². The zero-order valence-corrected chi connectivity index (χ0v) is 19.2. The molecule has 1 aromatic carbocycles. The lowest BCUT2D eigenvalue weighted by Crippen LogP contribution is -2.53. The summed E-state index contributed by atoms with van der Waals surface area (Å²) in [7, 11) is 1.58. The first-order chi connectivity index (χ1) is 16.5. The van der Waals surface area contributed by atoms with E-state index in [-0.39, 0.29) is 23.0 Å². The molecule has 9 nitrogen and oxygen atoms in total. The topological polar surface area (TPSA) is 103 Å². The Labute approximate surface area is 196 Å². The summed E-state index contributed by atoms with van der Waals surface area (Å²) < 4.78 is 21.5. The van der Waals surface area contributed by atoms with Crippen LogP contribution in [0.4, 0.5) is 10.1 Å². The summed E-state index contributed by atoms with van der Waals surface area (Å²) in [6.07, 6.45) is 2.98. The van der Waals surface area contributed by atoms with Gasteiger partial charge in [0.05, 0.1) is 24.0 Å². The van der Waals surface area contributed by atoms with Gasteiger partial charge in [-0.05, 0) is 25.0 Å². The number of ether oxygens (including phenoxy) is 1. The number of benzene rings is 1. The van der Waals surface area contributed by atoms with Gasteiger partial charge in [0.25, 0.3) is 11.5 Å². The molecule has 0 bridgehead atoms. The molecule has 0 spiro atoms. The molecule has 5 rings (SSSR count). The van der Waals surface area contributed by atoms with Gasteiger partial charge in [0.15, 0.2) is 5.82 Å². The van der Waals surface area contributed by atoms with Gasteiger partial charge in [0.1, 0.15) is 22.7 Å². The van der Waals surface area contributed by atoms with Gasteiger partial charge in [-0.15, -0.1) is 0 Å². The van der Waals surface area contributed by atoms with Crippen molar-refractivity contribution in [2.45, 2.75) is 32.4 Å². The van der Waals surface area contributed by atoms with E-state index >= 15 is 4.39 Å². The van der Waals surface area contributed by atoms with E-state index in [1.165, 1.54) is 0 Å². The van der Waals surface area contributed by atoms with Crippen LogP contribution in [0.5, 0.6) is 5.75 Å². The zero-order chi connectivity index (χ0) is 23.8. The number of aromatic amines is 1. The summed E-state index contributed by atoms with van der Waals surface area (Å²) >= 11 is 0. The Bertz CT molecular complexity index is 1290. The molecule has 0 aliphatic carbocycles. The van der Waals surface area contributed by atoms with Gasteiger partial charge in [-0.1, -0.05) is 6.92 Å². The second-order valence-corrected chi connectivity index (χ2v) is 8.62. The molecule has 0 saturated carbocycles. The van der Waals surface area contributed by atoms with E-state index in [0.29, 0.717) is 47.8 Å². The highest BCUT2D eigenvalue weighted by molar-refractivity contribution is 5.92. The summed E-state index contributed by atoms with van der Waals surface area (Å²) in [4.78, 5) is 39.8. The fourth-order valence-corrected chi connectivity index (χ4v) is 4.71. The lowest BCUT2D eigenvalue weighted by Gasteiger charge is -2.43. The number of carbonyl (C=O) groups is 1. The summed E-state index contributed by atoms with van der Waals surface area (Å²) in [5.41, 5.74) is 2.33. The number of halogens is 1. The van der Waals surface area contributed by atoms with Crippen LogP contribution in [-0.2, 0) is 13.0 Å². The molecule has 34 heavy (non-hydrogen) atoms. The molecule has 178 valence electrons. The summed E-state index contributed by atoms with van der Waals surface area (Å²) in [5.74, 6) is -0.206. The first-order valence-electron chi connectivity index (χ1n) is 11.5. The molecule has 0 radical (unpaired) electrons. The predicted octanol–water partition coefficient (Wildman–Crippen LogP) is 1.85. The van der Waals surface area contributed by atoms with Gasteiger partial charge in [-0.3, -0.25) is 14.5 Å². The number of aryl methyl sites for hydroxylation is 1. The van der Waals surface area contributed by atoms with Crippen molar-refractivity contribution in [1.29, 1.82) is 0 Å². The van der Waals surface area contributed by atoms with Gasteiger partial charge >= 0.3 is 0 Å². The highest BCUT2D eigenvalue weighted by Gasteiger charge is 2.31. The van der Waals surface area contributed by atoms with E-state index in [0.717, 1.165) is 31.7 Å². The van der Waals surface area contributed by atoms with Crippen molar-refractivity contribution >= 4 is 22.6 Å². The number of aromatic nitrogens is 3. The van der Waals surface area contributed by atoms with Gasteiger partial charge in [0.2, 0.25) is 0 Å². The predicted molar refractivity (Wildman–Crippen MR) is 126 cm³/mol. The molecule has 1 amide bonds. The van der Waals surface area contributed by atoms with Gasteiger partial charge < -0.3 is 19.9 Å². The van der Waals surface area contributed by atoms with E-state index in [1.807, 2.05) is 13.0 Å². The van der Waals surface area contributed by atoms with E-state index in [4.69, 9.17) is 4.74 Å². The minimum atomic E-state index is -0.475. The van der Waals surface area contributed by atoms with Crippen molar-refractivity contribution < 1.29 is 13.9 Å². The molecule has 2 aliphatic heterocycles. The van der Waals surface area contributed by atoms with Crippen LogP contribution in [0.3, 0.4) is 0 Å². The molecule has 1 atom stereocenters. The quantitative estimate of drug-likeness (QED) is 0.607. The minimum absolute atomic E-state index is 0.127. The fraction of sp³-hybridized carbons (Fsp3) is 0.417. The lowest BCUT2D eigenvalue weighted by atomic mass is 10.0. The molecular weight excluding hydrogens is 439 g/mol. The number of H-pyrrole nitrogens is 1. The Hall–Kier alpha value is -3.53. The molecule has 1 saturated heterocycles. The SMILES string of the molecule is CCc1nc2cc3c(c(F)c2[nH]c1=O)CN1CCN(c2ccc(C(=O)NC)nc2)CC1CCO3. The smallest absolute Gasteiger partial charge is 0.270 e. The van der Waals surface area contributed by atoms with E-state index in [1.54, 1.807) is 25.4 Å². The number of hydrogen-bond acceptors (Lipinski definition) is 7. The van der Waals surface area contributed by atoms with Gasteiger partial charge in [0, 0.05) is 50.9 Å². The van der Waals surface area contributed by atoms with Crippen LogP contribution in [0.25, 0.3) is 11.0 Å². The molecule has 3 aromatic rings. The third-order valence-corrected chi connectivity index (χ3v) is 6.64. The minimum Gasteiger partial charge on any atom is -0.493 e. The summed E-state index contributed by atoms with van der Waals surface area (Å²) in [6.45, 7) is 4.92. The number of carbonyl (C=O) groups excluding carboxylic acids is 1. The molecule has 2 aliphatic rings. The van der Waals surface area contributed by atoms with Crippen LogP contribution in [0.1, 0.15) is 35.1 Å². The number of amides is 1. The molecule has 4 heterocycles. The fourth-order valence-electron chi connectivity index (χ4n) is 4.71. The first-order valence-corrected chi connectivity index (χ1v) is 11.5. The standard InChI is InChI=1S/C24H27FN6O3/c1-3-17-24(33)29-22-19(28-17)10-20-16(21(22)25)13-31-8-7-30(12-15(31)6-9-34-20)14-4-5-18(27-11-14)23(32)26-2/h4-5,10-11,15H,3,6-9,12-13H2,1-2H3,(H,26,32)(H,29,33). The van der Waals surface area contributed by atoms with Crippen molar-refractivity contribution in [3.8, 4) is 5.75 Å². The third kappa shape index (κ3) is 3.98. The summed E-state index contributed by atoms with van der Waals surface area (Å²) in [5, 5.41) is 2.57.